The number of nitrogens with zero attached hydrogens (tertiary/aromatic N) is 1. The molecular formula is C10H12N2O. The van der Waals surface area contributed by atoms with E-state index in [9.17, 15) is 0 Å². The van der Waals surface area contributed by atoms with Crippen molar-refractivity contribution in [3.05, 3.63) is 29.8 Å². The van der Waals surface area contributed by atoms with Crippen LogP contribution in [0, 0.1) is 11.3 Å². The van der Waals surface area contributed by atoms with E-state index in [1.165, 1.54) is 0 Å². The van der Waals surface area contributed by atoms with Crippen LogP contribution in [0.2, 0.25) is 0 Å². The Kier molecular flexibility index (Phi) is 3.30. The number of nitrogens with two attached hydrogens (primary N) is 1. The highest BCUT2D eigenvalue weighted by atomic mass is 16.5. The highest BCUT2D eigenvalue weighted by Crippen LogP contribution is 2.22. The minimum absolute atomic E-state index is 0.0593. The molecule has 3 heteroatoms. The smallest absolute Gasteiger partial charge is 0.174 e. The van der Waals surface area contributed by atoms with Gasteiger partial charge in [-0.15, -0.1) is 0 Å². The van der Waals surface area contributed by atoms with Crippen LogP contribution in [-0.4, -0.2) is 6.61 Å². The summed E-state index contributed by atoms with van der Waals surface area (Å²) in [6.45, 7) is 1.94. The van der Waals surface area contributed by atoms with Crippen molar-refractivity contribution in [2.24, 2.45) is 5.73 Å². The van der Waals surface area contributed by atoms with Gasteiger partial charge in [-0.1, -0.05) is 18.2 Å². The molecule has 0 fully saturated rings. The fraction of sp³-hybridized carbons (Fsp3) is 0.300. The van der Waals surface area contributed by atoms with Crippen molar-refractivity contribution in [1.82, 2.24) is 0 Å². The number of rotatable bonds is 3. The van der Waals surface area contributed by atoms with Crippen LogP contribution in [-0.2, 0) is 0 Å². The standard InChI is InChI=1S/C10H12N2O/c1-8(12)9-4-2-3-5-10(9)13-7-6-11/h2-5,8H,7,12H2,1H3/t8-/m0/s1. The Labute approximate surface area is 77.7 Å². The summed E-state index contributed by atoms with van der Waals surface area (Å²) in [5.41, 5.74) is 6.65. The van der Waals surface area contributed by atoms with Crippen LogP contribution >= 0.6 is 0 Å². The SMILES string of the molecule is C[C@H](N)c1ccccc1OCC#N. The van der Waals surface area contributed by atoms with E-state index in [1.807, 2.05) is 37.3 Å². The summed E-state index contributed by atoms with van der Waals surface area (Å²) in [6.07, 6.45) is 0. The van der Waals surface area contributed by atoms with Crippen molar-refractivity contribution in [2.75, 3.05) is 6.61 Å². The molecule has 1 rings (SSSR count). The van der Waals surface area contributed by atoms with E-state index < -0.39 is 0 Å². The Morgan fingerprint density at radius 1 is 1.54 bits per heavy atom. The molecule has 13 heavy (non-hydrogen) atoms. The summed E-state index contributed by atoms with van der Waals surface area (Å²) < 4.78 is 5.21. The van der Waals surface area contributed by atoms with Gasteiger partial charge in [-0.05, 0) is 13.0 Å². The van der Waals surface area contributed by atoms with Gasteiger partial charge in [-0.2, -0.15) is 5.26 Å². The molecule has 0 amide bonds. The third-order valence-electron chi connectivity index (χ3n) is 1.70. The second-order valence-corrected chi connectivity index (χ2v) is 2.77. The van der Waals surface area contributed by atoms with E-state index >= 15 is 0 Å². The lowest BCUT2D eigenvalue weighted by Gasteiger charge is -2.11. The number of nitriles is 1. The molecule has 2 N–H and O–H groups in total. The summed E-state index contributed by atoms with van der Waals surface area (Å²) in [5.74, 6) is 0.694. The Morgan fingerprint density at radius 2 is 2.23 bits per heavy atom. The molecule has 1 aromatic rings. The predicted molar refractivity (Wildman–Crippen MR) is 50.2 cm³/mol. The van der Waals surface area contributed by atoms with Gasteiger partial charge >= 0.3 is 0 Å². The molecule has 1 aromatic carbocycles. The van der Waals surface area contributed by atoms with Crippen molar-refractivity contribution in [3.63, 3.8) is 0 Å². The topological polar surface area (TPSA) is 59.0 Å². The first-order chi connectivity index (χ1) is 6.25. The molecule has 0 aromatic heterocycles. The molecule has 0 heterocycles. The molecule has 68 valence electrons. The first kappa shape index (κ1) is 9.56. The first-order valence-electron chi connectivity index (χ1n) is 4.10. The number of ether oxygens (including phenoxy) is 1. The van der Waals surface area contributed by atoms with Crippen LogP contribution in [0.25, 0.3) is 0 Å². The molecule has 0 radical (unpaired) electrons. The lowest BCUT2D eigenvalue weighted by Crippen LogP contribution is -2.07. The first-order valence-corrected chi connectivity index (χ1v) is 4.10. The van der Waals surface area contributed by atoms with E-state index in [-0.39, 0.29) is 12.6 Å². The van der Waals surface area contributed by atoms with Crippen LogP contribution in [0.5, 0.6) is 5.75 Å². The lowest BCUT2D eigenvalue weighted by atomic mass is 10.1. The van der Waals surface area contributed by atoms with Crippen molar-refractivity contribution < 1.29 is 4.74 Å². The van der Waals surface area contributed by atoms with E-state index in [0.717, 1.165) is 5.56 Å². The zero-order valence-corrected chi connectivity index (χ0v) is 7.53. The van der Waals surface area contributed by atoms with Crippen LogP contribution in [0.15, 0.2) is 24.3 Å². The van der Waals surface area contributed by atoms with Crippen molar-refractivity contribution >= 4 is 0 Å². The van der Waals surface area contributed by atoms with Gasteiger partial charge in [0.1, 0.15) is 11.8 Å². The zero-order chi connectivity index (χ0) is 9.68. The molecule has 0 bridgehead atoms. The summed E-state index contributed by atoms with van der Waals surface area (Å²) in [6, 6.07) is 9.32. The maximum atomic E-state index is 8.35. The van der Waals surface area contributed by atoms with Crippen molar-refractivity contribution in [1.29, 1.82) is 5.26 Å². The third kappa shape index (κ3) is 2.46. The normalized spacial score (nSPS) is 11.8. The Balaban J connectivity index is 2.86. The van der Waals surface area contributed by atoms with Gasteiger partial charge in [0.25, 0.3) is 0 Å². The monoisotopic (exact) mass is 176 g/mol. The van der Waals surface area contributed by atoms with E-state index in [0.29, 0.717) is 5.75 Å². The molecule has 0 saturated carbocycles. The second kappa shape index (κ2) is 4.48. The minimum atomic E-state index is -0.0742. The molecule has 0 unspecified atom stereocenters. The van der Waals surface area contributed by atoms with Gasteiger partial charge in [0.15, 0.2) is 6.61 Å². The number of benzene rings is 1. The van der Waals surface area contributed by atoms with E-state index in [4.69, 9.17) is 15.7 Å². The van der Waals surface area contributed by atoms with E-state index in [2.05, 4.69) is 0 Å². The minimum Gasteiger partial charge on any atom is -0.478 e. The summed E-state index contributed by atoms with van der Waals surface area (Å²) >= 11 is 0. The average Bonchev–Trinajstić information content (AvgIpc) is 2.15. The maximum absolute atomic E-state index is 8.35. The molecule has 0 saturated heterocycles. The lowest BCUT2D eigenvalue weighted by molar-refractivity contribution is 0.362. The summed E-state index contributed by atoms with van der Waals surface area (Å²) in [4.78, 5) is 0. The molecule has 1 atom stereocenters. The number of hydrogen-bond donors (Lipinski definition) is 1. The van der Waals surface area contributed by atoms with Gasteiger partial charge < -0.3 is 10.5 Å². The molecule has 0 aliphatic heterocycles. The third-order valence-corrected chi connectivity index (χ3v) is 1.70. The van der Waals surface area contributed by atoms with Crippen LogP contribution in [0.4, 0.5) is 0 Å². The van der Waals surface area contributed by atoms with Gasteiger partial charge in [0.05, 0.1) is 0 Å². The Hall–Kier alpha value is -1.53. The van der Waals surface area contributed by atoms with Gasteiger partial charge in [0, 0.05) is 11.6 Å². The fourth-order valence-corrected chi connectivity index (χ4v) is 1.10. The van der Waals surface area contributed by atoms with Gasteiger partial charge in [0.2, 0.25) is 0 Å². The van der Waals surface area contributed by atoms with Crippen molar-refractivity contribution in [2.45, 2.75) is 13.0 Å². The fourth-order valence-electron chi connectivity index (χ4n) is 1.10. The predicted octanol–water partition coefficient (Wildman–Crippen LogP) is 1.61. The quantitative estimate of drug-likeness (QED) is 0.761. The second-order valence-electron chi connectivity index (χ2n) is 2.77. The highest BCUT2D eigenvalue weighted by molar-refractivity contribution is 5.35. The van der Waals surface area contributed by atoms with Crippen LogP contribution in [0.3, 0.4) is 0 Å². The summed E-state index contributed by atoms with van der Waals surface area (Å²) in [7, 11) is 0. The highest BCUT2D eigenvalue weighted by Gasteiger charge is 2.05. The van der Waals surface area contributed by atoms with E-state index in [1.54, 1.807) is 0 Å². The number of para-hydroxylation sites is 1. The zero-order valence-electron chi connectivity index (χ0n) is 7.53. The molecular weight excluding hydrogens is 164 g/mol. The average molecular weight is 176 g/mol. The van der Waals surface area contributed by atoms with Crippen LogP contribution < -0.4 is 10.5 Å². The Morgan fingerprint density at radius 3 is 2.85 bits per heavy atom. The molecule has 0 spiro atoms. The van der Waals surface area contributed by atoms with Gasteiger partial charge in [-0.3, -0.25) is 0 Å². The molecule has 3 nitrogen and oxygen atoms in total. The van der Waals surface area contributed by atoms with Crippen LogP contribution in [0.1, 0.15) is 18.5 Å². The Bertz CT molecular complexity index is 315. The van der Waals surface area contributed by atoms with Gasteiger partial charge in [-0.25, -0.2) is 0 Å². The molecule has 0 aliphatic rings. The van der Waals surface area contributed by atoms with Crippen molar-refractivity contribution in [3.8, 4) is 11.8 Å². The maximum Gasteiger partial charge on any atom is 0.174 e. The largest absolute Gasteiger partial charge is 0.478 e. The summed E-state index contributed by atoms with van der Waals surface area (Å²) in [5, 5.41) is 8.35. The number of hydrogen-bond acceptors (Lipinski definition) is 3. The molecule has 0 aliphatic carbocycles.